The summed E-state index contributed by atoms with van der Waals surface area (Å²) in [5, 5.41) is 6.53. The number of nitrogens with one attached hydrogen (secondary N) is 2. The molecule has 5 nitrogen and oxygen atoms in total. The van der Waals surface area contributed by atoms with Crippen molar-refractivity contribution in [3.63, 3.8) is 0 Å². The molecule has 1 atom stereocenters. The lowest BCUT2D eigenvalue weighted by Gasteiger charge is -2.22. The zero-order chi connectivity index (χ0) is 13.5. The van der Waals surface area contributed by atoms with Gasteiger partial charge < -0.3 is 15.4 Å². The second kappa shape index (κ2) is 7.65. The summed E-state index contributed by atoms with van der Waals surface area (Å²) in [6.07, 6.45) is 6.65. The molecule has 0 saturated carbocycles. The van der Waals surface area contributed by atoms with Crippen LogP contribution in [0, 0.1) is 0 Å². The number of hydrogen-bond acceptors (Lipinski definition) is 5. The van der Waals surface area contributed by atoms with Gasteiger partial charge in [0, 0.05) is 19.7 Å². The van der Waals surface area contributed by atoms with Gasteiger partial charge >= 0.3 is 0 Å². The van der Waals surface area contributed by atoms with Gasteiger partial charge in [-0.15, -0.1) is 0 Å². The fourth-order valence-corrected chi connectivity index (χ4v) is 2.66. The summed E-state index contributed by atoms with van der Waals surface area (Å²) in [7, 11) is 0. The molecule has 106 valence electrons. The summed E-state index contributed by atoms with van der Waals surface area (Å²) in [4.78, 5) is 8.45. The van der Waals surface area contributed by atoms with Gasteiger partial charge in [0.05, 0.1) is 6.10 Å². The first-order chi connectivity index (χ1) is 9.31. The molecular weight excluding hydrogens is 308 g/mol. The SMILES string of the molecule is CCNc1ncnc(NCCC2CCCCO2)c1Br. The van der Waals surface area contributed by atoms with Gasteiger partial charge in [-0.1, -0.05) is 0 Å². The summed E-state index contributed by atoms with van der Waals surface area (Å²) in [5.41, 5.74) is 0. The largest absolute Gasteiger partial charge is 0.378 e. The Balaban J connectivity index is 1.83. The van der Waals surface area contributed by atoms with E-state index in [-0.39, 0.29) is 0 Å². The van der Waals surface area contributed by atoms with E-state index in [1.165, 1.54) is 19.3 Å². The molecule has 1 unspecified atom stereocenters. The Bertz CT molecular complexity index is 396. The summed E-state index contributed by atoms with van der Waals surface area (Å²) in [6.45, 7) is 4.66. The third-order valence-corrected chi connectivity index (χ3v) is 3.92. The van der Waals surface area contributed by atoms with E-state index in [0.717, 1.165) is 42.2 Å². The van der Waals surface area contributed by atoms with Crippen LogP contribution in [0.3, 0.4) is 0 Å². The van der Waals surface area contributed by atoms with Crippen molar-refractivity contribution in [2.75, 3.05) is 30.3 Å². The van der Waals surface area contributed by atoms with Crippen LogP contribution in [0.5, 0.6) is 0 Å². The summed E-state index contributed by atoms with van der Waals surface area (Å²) >= 11 is 3.53. The summed E-state index contributed by atoms with van der Waals surface area (Å²) in [6, 6.07) is 0. The Morgan fingerprint density at radius 1 is 1.32 bits per heavy atom. The normalized spacial score (nSPS) is 19.2. The maximum atomic E-state index is 5.71. The maximum Gasteiger partial charge on any atom is 0.145 e. The fourth-order valence-electron chi connectivity index (χ4n) is 2.17. The van der Waals surface area contributed by atoms with Crippen LogP contribution in [0.2, 0.25) is 0 Å². The molecule has 0 amide bonds. The molecule has 0 spiro atoms. The number of anilines is 2. The van der Waals surface area contributed by atoms with Gasteiger partial charge in [0.1, 0.15) is 22.4 Å². The second-order valence-electron chi connectivity index (χ2n) is 4.62. The highest BCUT2D eigenvalue weighted by Gasteiger charge is 2.14. The standard InChI is InChI=1S/C13H21BrN4O/c1-2-15-12-11(14)13(18-9-17-12)16-7-6-10-5-3-4-8-19-10/h9-10H,2-8H2,1H3,(H2,15,16,17,18). The van der Waals surface area contributed by atoms with Crippen LogP contribution in [0.15, 0.2) is 10.8 Å². The molecule has 1 aromatic rings. The Hall–Kier alpha value is -0.880. The monoisotopic (exact) mass is 328 g/mol. The average molecular weight is 329 g/mol. The minimum absolute atomic E-state index is 0.398. The molecule has 2 heterocycles. The van der Waals surface area contributed by atoms with E-state index in [9.17, 15) is 0 Å². The van der Waals surface area contributed by atoms with Crippen molar-refractivity contribution in [1.82, 2.24) is 9.97 Å². The van der Waals surface area contributed by atoms with Crippen LogP contribution < -0.4 is 10.6 Å². The van der Waals surface area contributed by atoms with E-state index in [1.54, 1.807) is 6.33 Å². The van der Waals surface area contributed by atoms with Crippen molar-refractivity contribution in [2.24, 2.45) is 0 Å². The lowest BCUT2D eigenvalue weighted by atomic mass is 10.1. The van der Waals surface area contributed by atoms with Gasteiger partial charge in [-0.05, 0) is 48.5 Å². The lowest BCUT2D eigenvalue weighted by Crippen LogP contribution is -2.22. The van der Waals surface area contributed by atoms with Crippen molar-refractivity contribution in [3.05, 3.63) is 10.8 Å². The van der Waals surface area contributed by atoms with E-state index >= 15 is 0 Å². The summed E-state index contributed by atoms with van der Waals surface area (Å²) < 4.78 is 6.60. The smallest absolute Gasteiger partial charge is 0.145 e. The molecule has 0 bridgehead atoms. The van der Waals surface area contributed by atoms with Gasteiger partial charge in [-0.2, -0.15) is 0 Å². The van der Waals surface area contributed by atoms with Crippen LogP contribution in [0.4, 0.5) is 11.6 Å². The highest BCUT2D eigenvalue weighted by molar-refractivity contribution is 9.10. The summed E-state index contributed by atoms with van der Waals surface area (Å²) in [5.74, 6) is 1.66. The number of rotatable bonds is 6. The molecule has 1 aliphatic heterocycles. The predicted octanol–water partition coefficient (Wildman–Crippen LogP) is 3.04. The third-order valence-electron chi connectivity index (χ3n) is 3.17. The van der Waals surface area contributed by atoms with E-state index in [0.29, 0.717) is 6.10 Å². The minimum atomic E-state index is 0.398. The predicted molar refractivity (Wildman–Crippen MR) is 80.6 cm³/mol. The third kappa shape index (κ3) is 4.31. The first kappa shape index (κ1) is 14.5. The minimum Gasteiger partial charge on any atom is -0.378 e. The topological polar surface area (TPSA) is 59.1 Å². The van der Waals surface area contributed by atoms with Crippen LogP contribution in [0.1, 0.15) is 32.6 Å². The Labute approximate surface area is 122 Å². The quantitative estimate of drug-likeness (QED) is 0.840. The van der Waals surface area contributed by atoms with E-state index in [1.807, 2.05) is 6.92 Å². The fraction of sp³-hybridized carbons (Fsp3) is 0.692. The number of ether oxygens (including phenoxy) is 1. The molecular formula is C13H21BrN4O. The molecule has 0 radical (unpaired) electrons. The molecule has 0 aliphatic carbocycles. The maximum absolute atomic E-state index is 5.71. The number of hydrogen-bond donors (Lipinski definition) is 2. The molecule has 1 saturated heterocycles. The van der Waals surface area contributed by atoms with Crippen LogP contribution >= 0.6 is 15.9 Å². The molecule has 1 aromatic heterocycles. The lowest BCUT2D eigenvalue weighted by molar-refractivity contribution is 0.0134. The highest BCUT2D eigenvalue weighted by Crippen LogP contribution is 2.26. The second-order valence-corrected chi connectivity index (χ2v) is 5.41. The molecule has 1 fully saturated rings. The van der Waals surface area contributed by atoms with Crippen LogP contribution in [-0.4, -0.2) is 35.8 Å². The van der Waals surface area contributed by atoms with E-state index in [2.05, 4.69) is 36.5 Å². The molecule has 2 N–H and O–H groups in total. The Morgan fingerprint density at radius 2 is 2.11 bits per heavy atom. The van der Waals surface area contributed by atoms with Crippen LogP contribution in [-0.2, 0) is 4.74 Å². The zero-order valence-corrected chi connectivity index (χ0v) is 12.9. The number of aromatic nitrogens is 2. The van der Waals surface area contributed by atoms with Gasteiger partial charge in [0.15, 0.2) is 0 Å². The van der Waals surface area contributed by atoms with Gasteiger partial charge in [-0.25, -0.2) is 9.97 Å². The number of nitrogens with zero attached hydrogens (tertiary/aromatic N) is 2. The first-order valence-electron chi connectivity index (χ1n) is 6.91. The Kier molecular flexibility index (Phi) is 5.85. The molecule has 1 aliphatic rings. The zero-order valence-electron chi connectivity index (χ0n) is 11.3. The molecule has 6 heteroatoms. The van der Waals surface area contributed by atoms with Gasteiger partial charge in [0.2, 0.25) is 0 Å². The Morgan fingerprint density at radius 3 is 2.79 bits per heavy atom. The first-order valence-corrected chi connectivity index (χ1v) is 7.70. The van der Waals surface area contributed by atoms with Crippen molar-refractivity contribution in [3.8, 4) is 0 Å². The molecule has 2 rings (SSSR count). The highest BCUT2D eigenvalue weighted by atomic mass is 79.9. The van der Waals surface area contributed by atoms with Gasteiger partial charge in [-0.3, -0.25) is 0 Å². The van der Waals surface area contributed by atoms with Crippen molar-refractivity contribution in [1.29, 1.82) is 0 Å². The van der Waals surface area contributed by atoms with E-state index in [4.69, 9.17) is 4.74 Å². The van der Waals surface area contributed by atoms with Crippen molar-refractivity contribution < 1.29 is 4.74 Å². The van der Waals surface area contributed by atoms with E-state index < -0.39 is 0 Å². The van der Waals surface area contributed by atoms with Crippen LogP contribution in [0.25, 0.3) is 0 Å². The molecule has 19 heavy (non-hydrogen) atoms. The van der Waals surface area contributed by atoms with Gasteiger partial charge in [0.25, 0.3) is 0 Å². The average Bonchev–Trinajstić information content (AvgIpc) is 2.44. The molecule has 0 aromatic carbocycles. The van der Waals surface area contributed by atoms with Crippen molar-refractivity contribution in [2.45, 2.75) is 38.7 Å². The number of halogens is 1. The van der Waals surface area contributed by atoms with Crippen molar-refractivity contribution >= 4 is 27.6 Å².